The maximum absolute atomic E-state index is 11.6. The molecule has 4 heteroatoms. The highest BCUT2D eigenvalue weighted by molar-refractivity contribution is 5.74. The fraction of sp³-hybridized carbons (Fsp3) is 0.500. The van der Waals surface area contributed by atoms with Crippen LogP contribution in [0.3, 0.4) is 0 Å². The summed E-state index contributed by atoms with van der Waals surface area (Å²) in [7, 11) is 1.63. The van der Waals surface area contributed by atoms with E-state index in [1.54, 1.807) is 7.11 Å². The molecule has 100 valence electrons. The molecule has 0 fully saturated rings. The second-order valence-electron chi connectivity index (χ2n) is 4.36. The Morgan fingerprint density at radius 1 is 1.33 bits per heavy atom. The number of urea groups is 1. The van der Waals surface area contributed by atoms with E-state index >= 15 is 0 Å². The zero-order valence-corrected chi connectivity index (χ0v) is 11.3. The third kappa shape index (κ3) is 5.08. The van der Waals surface area contributed by atoms with Gasteiger partial charge in [-0.05, 0) is 31.0 Å². The number of hydrogen-bond acceptors (Lipinski definition) is 2. The summed E-state index contributed by atoms with van der Waals surface area (Å²) in [6.07, 6.45) is 2.07. The van der Waals surface area contributed by atoms with E-state index in [4.69, 9.17) is 4.74 Å². The summed E-state index contributed by atoms with van der Waals surface area (Å²) in [5.41, 5.74) is 1.05. The van der Waals surface area contributed by atoms with Crippen LogP contribution in [0.2, 0.25) is 0 Å². The van der Waals surface area contributed by atoms with Gasteiger partial charge in [-0.2, -0.15) is 0 Å². The van der Waals surface area contributed by atoms with Gasteiger partial charge in [-0.3, -0.25) is 0 Å². The Hall–Kier alpha value is -1.71. The Balaban J connectivity index is 2.33. The molecule has 1 aromatic carbocycles. The Morgan fingerprint density at radius 3 is 2.56 bits per heavy atom. The van der Waals surface area contributed by atoms with Crippen molar-refractivity contribution in [1.82, 2.24) is 10.6 Å². The van der Waals surface area contributed by atoms with Crippen LogP contribution in [0.15, 0.2) is 24.3 Å². The first kappa shape index (κ1) is 14.4. The van der Waals surface area contributed by atoms with Gasteiger partial charge in [-0.15, -0.1) is 0 Å². The van der Waals surface area contributed by atoms with E-state index in [1.165, 1.54) is 0 Å². The fourth-order valence-corrected chi connectivity index (χ4v) is 1.71. The second-order valence-corrected chi connectivity index (χ2v) is 4.36. The van der Waals surface area contributed by atoms with Crippen molar-refractivity contribution in [2.24, 2.45) is 0 Å². The van der Waals surface area contributed by atoms with Crippen LogP contribution in [-0.2, 0) is 6.54 Å². The number of amides is 2. The molecule has 18 heavy (non-hydrogen) atoms. The normalized spacial score (nSPS) is 11.7. The van der Waals surface area contributed by atoms with E-state index in [0.29, 0.717) is 6.54 Å². The molecule has 2 N–H and O–H groups in total. The van der Waals surface area contributed by atoms with Gasteiger partial charge < -0.3 is 15.4 Å². The lowest BCUT2D eigenvalue weighted by molar-refractivity contribution is 0.236. The molecule has 0 saturated carbocycles. The molecule has 4 nitrogen and oxygen atoms in total. The van der Waals surface area contributed by atoms with Crippen molar-refractivity contribution in [3.63, 3.8) is 0 Å². The Morgan fingerprint density at radius 2 is 2.00 bits per heavy atom. The number of hydrogen-bond donors (Lipinski definition) is 2. The van der Waals surface area contributed by atoms with E-state index in [9.17, 15) is 4.79 Å². The van der Waals surface area contributed by atoms with Crippen LogP contribution >= 0.6 is 0 Å². The van der Waals surface area contributed by atoms with Crippen molar-refractivity contribution in [1.29, 1.82) is 0 Å². The van der Waals surface area contributed by atoms with Crippen molar-refractivity contribution in [2.45, 2.75) is 39.3 Å². The maximum atomic E-state index is 11.6. The summed E-state index contributed by atoms with van der Waals surface area (Å²) < 4.78 is 5.07. The monoisotopic (exact) mass is 250 g/mol. The van der Waals surface area contributed by atoms with Gasteiger partial charge in [0.1, 0.15) is 5.75 Å². The fourth-order valence-electron chi connectivity index (χ4n) is 1.71. The molecule has 2 amide bonds. The van der Waals surface area contributed by atoms with Crippen LogP contribution in [0.1, 0.15) is 32.3 Å². The van der Waals surface area contributed by atoms with Gasteiger partial charge in [-0.1, -0.05) is 25.5 Å². The Kier molecular flexibility index (Phi) is 6.05. The van der Waals surface area contributed by atoms with E-state index in [2.05, 4.69) is 17.6 Å². The minimum absolute atomic E-state index is 0.119. The summed E-state index contributed by atoms with van der Waals surface area (Å²) in [5.74, 6) is 0.819. The molecule has 0 heterocycles. The van der Waals surface area contributed by atoms with Crippen LogP contribution < -0.4 is 15.4 Å². The van der Waals surface area contributed by atoms with Crippen LogP contribution in [0.25, 0.3) is 0 Å². The van der Waals surface area contributed by atoms with Crippen molar-refractivity contribution in [3.8, 4) is 5.75 Å². The molecule has 0 aliphatic rings. The number of ether oxygens (including phenoxy) is 1. The molecule has 0 aromatic heterocycles. The molecule has 0 bridgehead atoms. The highest BCUT2D eigenvalue weighted by Gasteiger charge is 2.05. The standard InChI is InChI=1S/C14H22N2O2/c1-4-5-11(2)16-14(17)15-10-12-6-8-13(18-3)9-7-12/h6-9,11H,4-5,10H2,1-3H3,(H2,15,16,17). The Labute approximate surface area is 109 Å². The molecule has 0 aliphatic heterocycles. The van der Waals surface area contributed by atoms with Gasteiger partial charge in [0.2, 0.25) is 0 Å². The molecule has 1 aromatic rings. The molecule has 0 saturated heterocycles. The SMILES string of the molecule is CCCC(C)NC(=O)NCc1ccc(OC)cc1. The zero-order valence-electron chi connectivity index (χ0n) is 11.3. The molecular weight excluding hydrogens is 228 g/mol. The summed E-state index contributed by atoms with van der Waals surface area (Å²) in [4.78, 5) is 11.6. The number of nitrogens with one attached hydrogen (secondary N) is 2. The van der Waals surface area contributed by atoms with E-state index in [1.807, 2.05) is 31.2 Å². The molecule has 1 rings (SSSR count). The van der Waals surface area contributed by atoms with Crippen LogP contribution in [0.4, 0.5) is 4.79 Å². The average Bonchev–Trinajstić information content (AvgIpc) is 2.37. The lowest BCUT2D eigenvalue weighted by Gasteiger charge is -2.13. The van der Waals surface area contributed by atoms with Gasteiger partial charge in [0.15, 0.2) is 0 Å². The predicted octanol–water partition coefficient (Wildman–Crippen LogP) is 2.68. The number of rotatable bonds is 6. The molecule has 0 radical (unpaired) electrons. The molecule has 1 atom stereocenters. The first-order valence-electron chi connectivity index (χ1n) is 6.33. The van der Waals surface area contributed by atoms with Crippen LogP contribution in [0.5, 0.6) is 5.75 Å². The van der Waals surface area contributed by atoms with E-state index in [-0.39, 0.29) is 12.1 Å². The van der Waals surface area contributed by atoms with Gasteiger partial charge in [0, 0.05) is 12.6 Å². The molecule has 0 aliphatic carbocycles. The highest BCUT2D eigenvalue weighted by atomic mass is 16.5. The molecule has 0 spiro atoms. The maximum Gasteiger partial charge on any atom is 0.315 e. The average molecular weight is 250 g/mol. The highest BCUT2D eigenvalue weighted by Crippen LogP contribution is 2.10. The smallest absolute Gasteiger partial charge is 0.315 e. The zero-order chi connectivity index (χ0) is 13.4. The second kappa shape index (κ2) is 7.58. The van der Waals surface area contributed by atoms with Gasteiger partial charge in [-0.25, -0.2) is 4.79 Å². The molecule has 1 unspecified atom stereocenters. The number of carbonyl (C=O) groups is 1. The van der Waals surface area contributed by atoms with Crippen molar-refractivity contribution in [3.05, 3.63) is 29.8 Å². The van der Waals surface area contributed by atoms with Gasteiger partial charge in [0.05, 0.1) is 7.11 Å². The quantitative estimate of drug-likeness (QED) is 0.815. The lowest BCUT2D eigenvalue weighted by atomic mass is 10.2. The summed E-state index contributed by atoms with van der Waals surface area (Å²) in [5, 5.41) is 5.73. The van der Waals surface area contributed by atoms with Crippen LogP contribution in [0, 0.1) is 0 Å². The summed E-state index contributed by atoms with van der Waals surface area (Å²) in [6, 6.07) is 7.74. The summed E-state index contributed by atoms with van der Waals surface area (Å²) >= 11 is 0. The van der Waals surface area contributed by atoms with E-state index < -0.39 is 0 Å². The number of benzene rings is 1. The van der Waals surface area contributed by atoms with Crippen molar-refractivity contribution in [2.75, 3.05) is 7.11 Å². The minimum Gasteiger partial charge on any atom is -0.497 e. The lowest BCUT2D eigenvalue weighted by Crippen LogP contribution is -2.40. The Bertz CT molecular complexity index is 363. The first-order chi connectivity index (χ1) is 8.65. The topological polar surface area (TPSA) is 50.4 Å². The van der Waals surface area contributed by atoms with Gasteiger partial charge >= 0.3 is 6.03 Å². The number of carbonyl (C=O) groups excluding carboxylic acids is 1. The largest absolute Gasteiger partial charge is 0.497 e. The third-order valence-electron chi connectivity index (χ3n) is 2.71. The van der Waals surface area contributed by atoms with Crippen LogP contribution in [-0.4, -0.2) is 19.2 Å². The summed E-state index contributed by atoms with van der Waals surface area (Å²) in [6.45, 7) is 4.64. The predicted molar refractivity (Wildman–Crippen MR) is 72.7 cm³/mol. The van der Waals surface area contributed by atoms with Gasteiger partial charge in [0.25, 0.3) is 0 Å². The third-order valence-corrected chi connectivity index (χ3v) is 2.71. The van der Waals surface area contributed by atoms with Crippen molar-refractivity contribution >= 4 is 6.03 Å². The minimum atomic E-state index is -0.119. The molecular formula is C14H22N2O2. The van der Waals surface area contributed by atoms with Crippen molar-refractivity contribution < 1.29 is 9.53 Å². The first-order valence-corrected chi connectivity index (χ1v) is 6.33. The number of methoxy groups -OCH3 is 1. The van der Waals surface area contributed by atoms with E-state index in [0.717, 1.165) is 24.2 Å².